The van der Waals surface area contributed by atoms with E-state index in [-0.39, 0.29) is 46.8 Å². The van der Waals surface area contributed by atoms with Crippen LogP contribution in [0.3, 0.4) is 0 Å². The topological polar surface area (TPSA) is 55.8 Å². The summed E-state index contributed by atoms with van der Waals surface area (Å²) in [5.74, 6) is 0. The number of hydrogen-bond donors (Lipinski definition) is 0. The van der Waals surface area contributed by atoms with Gasteiger partial charge in [0.05, 0.1) is 20.7 Å². The van der Waals surface area contributed by atoms with Crippen molar-refractivity contribution in [3.05, 3.63) is 527 Å². The second kappa shape index (κ2) is 44.0. The van der Waals surface area contributed by atoms with Crippen LogP contribution in [0.15, 0.2) is 545 Å². The standard InChI is InChI=1S/C24H16BrNO.C18H11BrO.2C18H11BrS.2C16H9BrO.C16H9BrS.C6H5Br/c25-17-14-15-22-20(16-17)24-21(12-7-13-23(24)27-22)26(18-8-3-1-4-9-18)19-10-5-2-6-11-19;19-13-6-3-5-12(11-13)14-8-4-10-17-18(14)15-7-1-2-9-16(15)20-17;19-15-9-3-1-6-12(15)13-8-5-11-17-18(13)14-7-2-4-10-16(14)20-17;19-14-8-5-12(6-9-14)13-7-10-16-15-3-1-2-4-17(15)20-18(16)11-13;17-11-6-7-13-15(9-11)18-14-8-5-10-3-1-2-4-12(10)16(13)14;17-12-6-5-10-9-16-14(8-11(10)7-12)13-3-1-2-4-15(13)18-16;17-11-6-8-15-14(9-11)13-7-5-10-3-1-2-4-12(10)16(13)18-15;7-6-4-2-1-3-5-6/h1-16H;3*1-11H;3*1-9H;1-5H/i;;;5D,6D,8D,9D;;;;1D,4D,5D. The van der Waals surface area contributed by atoms with E-state index in [1.54, 1.807) is 11.3 Å². The summed E-state index contributed by atoms with van der Waals surface area (Å²) in [6.45, 7) is 0. The van der Waals surface area contributed by atoms with Gasteiger partial charge >= 0.3 is 0 Å². The number of rotatable bonds is 6. The third-order valence-electron chi connectivity index (χ3n) is 25.6. The Morgan fingerprint density at radius 1 is 0.196 bits per heavy atom. The van der Waals surface area contributed by atoms with Crippen molar-refractivity contribution in [2.24, 2.45) is 0 Å². The highest BCUT2D eigenvalue weighted by Crippen LogP contribution is 2.48. The van der Waals surface area contributed by atoms with Gasteiger partial charge < -0.3 is 22.6 Å². The van der Waals surface area contributed by atoms with E-state index < -0.39 is 0 Å². The average Bonchev–Trinajstić information content (AvgIpc) is 1.63. The monoisotopic (exact) mass is 2480 g/mol. The van der Waals surface area contributed by atoms with Gasteiger partial charge in [0.1, 0.15) is 44.7 Å². The summed E-state index contributed by atoms with van der Waals surface area (Å²) in [5.41, 5.74) is 16.7. The Kier molecular flexibility index (Phi) is 26.6. The summed E-state index contributed by atoms with van der Waals surface area (Å²) < 4.78 is 92.7. The molecule has 30 rings (SSSR count). The molecule has 712 valence electrons. The molecule has 148 heavy (non-hydrogen) atoms. The van der Waals surface area contributed by atoms with Gasteiger partial charge in [0.25, 0.3) is 0 Å². The number of fused-ring (bicyclic) bond motifs is 26. The molecule has 23 aromatic carbocycles. The number of benzene rings is 23. The zero-order chi connectivity index (χ0) is 106. The summed E-state index contributed by atoms with van der Waals surface area (Å²) in [7, 11) is 0. The lowest BCUT2D eigenvalue weighted by molar-refractivity contribution is 0.668. The molecule has 0 amide bonds. The molecule has 0 fully saturated rings. The first-order chi connectivity index (χ1) is 75.5. The van der Waals surface area contributed by atoms with Crippen LogP contribution in [0.4, 0.5) is 17.1 Å². The molecule has 0 saturated heterocycles. The Labute approximate surface area is 941 Å². The van der Waals surface area contributed by atoms with Crippen molar-refractivity contribution in [2.45, 2.75) is 0 Å². The number of furan rings is 4. The number of thiophene rings is 3. The van der Waals surface area contributed by atoms with Gasteiger partial charge in [-0.15, -0.1) is 34.0 Å². The van der Waals surface area contributed by atoms with E-state index in [2.05, 4.69) is 442 Å². The van der Waals surface area contributed by atoms with Crippen molar-refractivity contribution >= 4 is 359 Å². The van der Waals surface area contributed by atoms with E-state index in [4.69, 9.17) is 27.3 Å². The van der Waals surface area contributed by atoms with E-state index in [1.807, 2.05) is 150 Å². The number of para-hydroxylation sites is 4. The molecule has 30 aromatic rings. The molecule has 0 aliphatic heterocycles. The first kappa shape index (κ1) is 89.5. The highest BCUT2D eigenvalue weighted by atomic mass is 79.9. The molecule has 5 nitrogen and oxygen atoms in total. The minimum atomic E-state index is -0.0533. The highest BCUT2D eigenvalue weighted by molar-refractivity contribution is 9.11. The van der Waals surface area contributed by atoms with E-state index in [0.29, 0.717) is 15.6 Å². The third kappa shape index (κ3) is 20.7. The average molecular weight is 2490 g/mol. The summed E-state index contributed by atoms with van der Waals surface area (Å²) in [5, 5.41) is 24.6. The van der Waals surface area contributed by atoms with Gasteiger partial charge in [0.2, 0.25) is 0 Å². The predicted molar refractivity (Wildman–Crippen MR) is 664 cm³/mol. The van der Waals surface area contributed by atoms with E-state index in [1.165, 1.54) is 144 Å². The SMILES string of the molecule is Brc1ccc2c(c1)oc1ccc3ccccc3c12.Brc1ccc2cc3oc4ccccc4c3cc2c1.Brc1ccc2oc3cccc(N(c4ccccc4)c4ccccc4)c3c2c1.Brc1ccc2sc3c4ccccc4ccc3c2c1.Brc1cccc(-c2cccc3oc4ccccc4c23)c1.Brc1ccccc1-c1cccc2sc3ccccc3c12.[2H]c1c([2H])c(-c2ccc3c(c2)sc2ccccc23)c([2H])c([2H])c1Br.[2H]c1cc([2H])c(Br)c([2H])c1. The Morgan fingerprint density at radius 3 is 1.43 bits per heavy atom. The van der Waals surface area contributed by atoms with E-state index in [0.717, 1.165) is 115 Å². The lowest BCUT2D eigenvalue weighted by Gasteiger charge is -2.26. The number of halogens is 8. The number of nitrogens with zero attached hydrogens (tertiary/aromatic N) is 1. The molecule has 7 heterocycles. The maximum Gasteiger partial charge on any atom is 0.137 e. The molecule has 0 spiro atoms. The highest BCUT2D eigenvalue weighted by Gasteiger charge is 2.22. The van der Waals surface area contributed by atoms with Gasteiger partial charge in [-0.1, -0.05) is 412 Å². The van der Waals surface area contributed by atoms with Crippen molar-refractivity contribution in [3.63, 3.8) is 0 Å². The van der Waals surface area contributed by atoms with Crippen molar-refractivity contribution in [3.8, 4) is 33.4 Å². The normalized spacial score (nSPS) is 11.9. The molecular weight excluding hydrogens is 2400 g/mol. The van der Waals surface area contributed by atoms with Gasteiger partial charge in [-0.2, -0.15) is 0 Å². The zero-order valence-corrected chi connectivity index (χ0v) is 93.2. The maximum atomic E-state index is 8.21. The third-order valence-corrected chi connectivity index (χ3v) is 33.1. The molecule has 0 saturated carbocycles. The minimum absolute atomic E-state index is 0.0247. The quantitative estimate of drug-likeness (QED) is 0.166. The summed E-state index contributed by atoms with van der Waals surface area (Å²) in [6, 6.07) is 154. The Balaban J connectivity index is 0.0000000972. The van der Waals surface area contributed by atoms with Crippen molar-refractivity contribution in [1.29, 1.82) is 0 Å². The molecule has 0 radical (unpaired) electrons. The molecule has 16 heteroatoms. The van der Waals surface area contributed by atoms with Crippen LogP contribution in [0.25, 0.3) is 214 Å². The second-order valence-electron chi connectivity index (χ2n) is 34.7. The van der Waals surface area contributed by atoms with Crippen LogP contribution >= 0.6 is 161 Å². The van der Waals surface area contributed by atoms with Gasteiger partial charge in [0.15, 0.2) is 0 Å². The summed E-state index contributed by atoms with van der Waals surface area (Å²) in [4.78, 5) is 2.28. The second-order valence-corrected chi connectivity index (χ2v) is 45.0. The van der Waals surface area contributed by atoms with Gasteiger partial charge in [0, 0.05) is 145 Å². The maximum absolute atomic E-state index is 8.21. The summed E-state index contributed by atoms with van der Waals surface area (Å²) in [6.07, 6.45) is 0. The van der Waals surface area contributed by atoms with Crippen molar-refractivity contribution in [2.75, 3.05) is 4.90 Å². The fourth-order valence-electron chi connectivity index (χ4n) is 19.0. The molecule has 0 N–H and O–H groups in total. The summed E-state index contributed by atoms with van der Waals surface area (Å²) >= 11 is 33.0. The molecule has 0 aliphatic carbocycles. The van der Waals surface area contributed by atoms with Gasteiger partial charge in [-0.05, 0) is 272 Å². The fraction of sp³-hybridized carbons (Fsp3) is 0. The molecule has 0 unspecified atom stereocenters. The van der Waals surface area contributed by atoms with Crippen LogP contribution in [0.2, 0.25) is 0 Å². The molecule has 0 aliphatic rings. The number of hydrogen-bond acceptors (Lipinski definition) is 8. The van der Waals surface area contributed by atoms with Crippen LogP contribution in [0.1, 0.15) is 9.60 Å². The van der Waals surface area contributed by atoms with Crippen LogP contribution in [-0.2, 0) is 0 Å². The lowest BCUT2D eigenvalue weighted by atomic mass is 10.00. The van der Waals surface area contributed by atoms with Gasteiger partial charge in [-0.25, -0.2) is 0 Å². The zero-order valence-electron chi connectivity index (χ0n) is 85.1. The number of anilines is 3. The van der Waals surface area contributed by atoms with Crippen LogP contribution in [-0.4, -0.2) is 0 Å². The van der Waals surface area contributed by atoms with Crippen LogP contribution < -0.4 is 4.90 Å². The first-order valence-corrected chi connectivity index (χ1v) is 56.1. The Hall–Kier alpha value is -13.7. The minimum Gasteiger partial charge on any atom is -0.456 e. The Bertz CT molecular complexity index is 10600. The first-order valence-electron chi connectivity index (χ1n) is 50.8. The van der Waals surface area contributed by atoms with E-state index in [9.17, 15) is 0 Å². The molecule has 0 bridgehead atoms. The lowest BCUT2D eigenvalue weighted by Crippen LogP contribution is -2.09. The predicted octanol–water partition coefficient (Wildman–Crippen LogP) is 46.2. The molecule has 0 atom stereocenters. The molecule has 7 aromatic heterocycles. The van der Waals surface area contributed by atoms with Crippen LogP contribution in [0, 0.1) is 0 Å². The van der Waals surface area contributed by atoms with Crippen molar-refractivity contribution in [1.82, 2.24) is 0 Å². The van der Waals surface area contributed by atoms with Crippen LogP contribution in [0.5, 0.6) is 0 Å². The van der Waals surface area contributed by atoms with Gasteiger partial charge in [-0.3, -0.25) is 0 Å². The smallest absolute Gasteiger partial charge is 0.137 e. The van der Waals surface area contributed by atoms with E-state index >= 15 is 0 Å². The van der Waals surface area contributed by atoms with Crippen molar-refractivity contribution < 1.29 is 27.3 Å². The largest absolute Gasteiger partial charge is 0.456 e. The molecular formula is C132H81Br8NO4S3. The fourth-order valence-corrected chi connectivity index (χ4v) is 25.2. The Morgan fingerprint density at radius 2 is 0.669 bits per heavy atom.